The van der Waals surface area contributed by atoms with E-state index in [1.807, 2.05) is 54.2 Å². The largest absolute Gasteiger partial charge is 0.494 e. The van der Waals surface area contributed by atoms with E-state index in [-0.39, 0.29) is 5.78 Å². The van der Waals surface area contributed by atoms with Crippen LogP contribution in [0.2, 0.25) is 0 Å². The highest BCUT2D eigenvalue weighted by Gasteiger charge is 2.03. The van der Waals surface area contributed by atoms with E-state index < -0.39 is 0 Å². The second kappa shape index (κ2) is 27.3. The van der Waals surface area contributed by atoms with Crippen LogP contribution in [0.3, 0.4) is 0 Å². The Labute approximate surface area is 276 Å². The van der Waals surface area contributed by atoms with Gasteiger partial charge in [0, 0.05) is 10.5 Å². The maximum absolute atomic E-state index is 12.5. The quantitative estimate of drug-likeness (QED) is 0.0392. The molecule has 0 fully saturated rings. The Morgan fingerprint density at radius 2 is 1.02 bits per heavy atom. The van der Waals surface area contributed by atoms with Crippen LogP contribution in [0.15, 0.2) is 59.5 Å². The minimum atomic E-state index is 0.0371. The molecule has 0 aromatic heterocycles. The lowest BCUT2D eigenvalue weighted by atomic mass is 10.0. The number of rotatable bonds is 29. The van der Waals surface area contributed by atoms with Crippen LogP contribution in [0.4, 0.5) is 0 Å². The Morgan fingerprint density at radius 3 is 1.50 bits per heavy atom. The third-order valence-electron chi connectivity index (χ3n) is 8.48. The van der Waals surface area contributed by atoms with Crippen LogP contribution in [0.25, 0.3) is 6.08 Å². The van der Waals surface area contributed by atoms with Crippen LogP contribution < -0.4 is 4.74 Å². The number of carbonyl (C=O) groups excluding carboxylic acids is 1. The second-order valence-corrected chi connectivity index (χ2v) is 13.7. The van der Waals surface area contributed by atoms with Gasteiger partial charge in [0.1, 0.15) is 5.75 Å². The summed E-state index contributed by atoms with van der Waals surface area (Å²) >= 11 is 1.85. The molecule has 2 rings (SSSR count). The van der Waals surface area contributed by atoms with Crippen molar-refractivity contribution in [2.24, 2.45) is 0 Å². The highest BCUT2D eigenvalue weighted by atomic mass is 32.2. The Morgan fingerprint density at radius 1 is 0.568 bits per heavy atom. The summed E-state index contributed by atoms with van der Waals surface area (Å²) in [5.74, 6) is 2.07. The van der Waals surface area contributed by atoms with E-state index in [2.05, 4.69) is 26.0 Å². The Bertz CT molecular complexity index is 963. The van der Waals surface area contributed by atoms with E-state index in [1.54, 1.807) is 6.08 Å². The fourth-order valence-corrected chi connectivity index (χ4v) is 6.54. The Kier molecular flexibility index (Phi) is 23.7. The number of thioether (sulfide) groups is 1. The van der Waals surface area contributed by atoms with Gasteiger partial charge < -0.3 is 4.74 Å². The van der Waals surface area contributed by atoms with Crippen molar-refractivity contribution in [2.45, 2.75) is 160 Å². The number of unbranched alkanes of at least 4 members (excludes halogenated alkanes) is 20. The fourth-order valence-electron chi connectivity index (χ4n) is 5.54. The average molecular weight is 621 g/mol. The Hall–Kier alpha value is -2.00. The molecule has 0 bridgehead atoms. The van der Waals surface area contributed by atoms with Gasteiger partial charge in [-0.05, 0) is 66.6 Å². The van der Waals surface area contributed by atoms with Crippen molar-refractivity contribution in [3.05, 3.63) is 65.7 Å². The number of benzene rings is 2. The molecule has 2 nitrogen and oxygen atoms in total. The monoisotopic (exact) mass is 620 g/mol. The summed E-state index contributed by atoms with van der Waals surface area (Å²) < 4.78 is 5.95. The summed E-state index contributed by atoms with van der Waals surface area (Å²) in [4.78, 5) is 13.8. The molecular weight excluding hydrogens is 557 g/mol. The molecule has 0 aliphatic heterocycles. The first-order valence-electron chi connectivity index (χ1n) is 18.4. The van der Waals surface area contributed by atoms with Gasteiger partial charge in [-0.25, -0.2) is 0 Å². The van der Waals surface area contributed by atoms with E-state index in [9.17, 15) is 4.79 Å². The summed E-state index contributed by atoms with van der Waals surface area (Å²) in [5.41, 5.74) is 1.74. The summed E-state index contributed by atoms with van der Waals surface area (Å²) in [6.07, 6.45) is 34.0. The van der Waals surface area contributed by atoms with Crippen molar-refractivity contribution < 1.29 is 9.53 Å². The maximum Gasteiger partial charge on any atom is 0.185 e. The molecule has 0 atom stereocenters. The molecule has 2 aromatic rings. The molecule has 0 unspecified atom stereocenters. The maximum atomic E-state index is 12.5. The van der Waals surface area contributed by atoms with Gasteiger partial charge in [-0.2, -0.15) is 0 Å². The molecule has 0 aliphatic rings. The van der Waals surface area contributed by atoms with Gasteiger partial charge in [0.15, 0.2) is 5.78 Å². The topological polar surface area (TPSA) is 26.3 Å². The number of ether oxygens (including phenoxy) is 1. The average Bonchev–Trinajstić information content (AvgIpc) is 3.05. The van der Waals surface area contributed by atoms with E-state index in [1.165, 1.54) is 140 Å². The van der Waals surface area contributed by atoms with Crippen molar-refractivity contribution in [1.82, 2.24) is 0 Å². The minimum Gasteiger partial charge on any atom is -0.494 e. The Balaban J connectivity index is 1.39. The van der Waals surface area contributed by atoms with Crippen molar-refractivity contribution in [3.8, 4) is 5.75 Å². The second-order valence-electron chi connectivity index (χ2n) is 12.6. The van der Waals surface area contributed by atoms with Gasteiger partial charge in [0.2, 0.25) is 0 Å². The zero-order valence-corrected chi connectivity index (χ0v) is 29.3. The molecule has 3 heteroatoms. The van der Waals surface area contributed by atoms with E-state index in [0.29, 0.717) is 0 Å². The smallest absolute Gasteiger partial charge is 0.185 e. The molecule has 0 aliphatic carbocycles. The molecule has 44 heavy (non-hydrogen) atoms. The van der Waals surface area contributed by atoms with Crippen molar-refractivity contribution in [3.63, 3.8) is 0 Å². The van der Waals surface area contributed by atoms with E-state index in [0.717, 1.165) is 35.7 Å². The lowest BCUT2D eigenvalue weighted by molar-refractivity contribution is 0.104. The van der Waals surface area contributed by atoms with Crippen LogP contribution in [-0.4, -0.2) is 18.1 Å². The zero-order chi connectivity index (χ0) is 31.3. The molecule has 0 spiro atoms. The van der Waals surface area contributed by atoms with Gasteiger partial charge >= 0.3 is 0 Å². The SMILES string of the molecule is CCCCCCCCCCCCCCCCCCCCCCOc1ccc(C=CC(=O)c2ccc(SCCCC)cc2)cc1. The van der Waals surface area contributed by atoms with E-state index in [4.69, 9.17) is 4.74 Å². The predicted molar refractivity (Wildman–Crippen MR) is 195 cm³/mol. The number of hydrogen-bond donors (Lipinski definition) is 0. The molecule has 0 radical (unpaired) electrons. The molecule has 0 saturated carbocycles. The molecule has 0 amide bonds. The van der Waals surface area contributed by atoms with Gasteiger partial charge in [0.05, 0.1) is 6.61 Å². The third kappa shape index (κ3) is 20.1. The lowest BCUT2D eigenvalue weighted by Gasteiger charge is -2.07. The molecular formula is C41H64O2S. The summed E-state index contributed by atoms with van der Waals surface area (Å²) in [5, 5.41) is 0. The summed E-state index contributed by atoms with van der Waals surface area (Å²) in [6.45, 7) is 5.28. The minimum absolute atomic E-state index is 0.0371. The molecule has 0 N–H and O–H groups in total. The van der Waals surface area contributed by atoms with Crippen molar-refractivity contribution in [2.75, 3.05) is 12.4 Å². The van der Waals surface area contributed by atoms with Crippen LogP contribution >= 0.6 is 11.8 Å². The van der Waals surface area contributed by atoms with Gasteiger partial charge in [-0.3, -0.25) is 4.79 Å². The number of allylic oxidation sites excluding steroid dienone is 1. The lowest BCUT2D eigenvalue weighted by Crippen LogP contribution is -1.97. The number of carbonyl (C=O) groups is 1. The van der Waals surface area contributed by atoms with Crippen molar-refractivity contribution >= 4 is 23.6 Å². The normalized spacial score (nSPS) is 11.4. The highest BCUT2D eigenvalue weighted by molar-refractivity contribution is 7.99. The van der Waals surface area contributed by atoms with Crippen LogP contribution in [-0.2, 0) is 0 Å². The number of hydrogen-bond acceptors (Lipinski definition) is 3. The van der Waals surface area contributed by atoms with Crippen LogP contribution in [0.1, 0.15) is 171 Å². The third-order valence-corrected chi connectivity index (χ3v) is 9.58. The fraction of sp³-hybridized carbons (Fsp3) is 0.634. The van der Waals surface area contributed by atoms with Crippen LogP contribution in [0, 0.1) is 0 Å². The van der Waals surface area contributed by atoms with Crippen LogP contribution in [0.5, 0.6) is 5.75 Å². The molecule has 2 aromatic carbocycles. The first kappa shape index (κ1) is 38.2. The van der Waals surface area contributed by atoms with Gasteiger partial charge in [-0.1, -0.05) is 160 Å². The first-order valence-corrected chi connectivity index (χ1v) is 19.4. The molecule has 0 saturated heterocycles. The highest BCUT2D eigenvalue weighted by Crippen LogP contribution is 2.21. The first-order chi connectivity index (χ1) is 21.7. The van der Waals surface area contributed by atoms with Crippen molar-refractivity contribution in [1.29, 1.82) is 0 Å². The standard InChI is InChI=1S/C41H64O2S/c1-3-5-7-8-9-10-11-12-13-14-15-16-17-18-19-20-21-22-23-24-35-43-39-30-25-37(26-31-39)27-34-41(42)38-28-32-40(33-29-38)44-36-6-4-2/h25-34H,3-24,35-36H2,1-2H3. The number of ketones is 1. The summed E-state index contributed by atoms with van der Waals surface area (Å²) in [7, 11) is 0. The van der Waals surface area contributed by atoms with Gasteiger partial charge in [-0.15, -0.1) is 11.8 Å². The molecule has 0 heterocycles. The zero-order valence-electron chi connectivity index (χ0n) is 28.5. The van der Waals surface area contributed by atoms with E-state index >= 15 is 0 Å². The molecule has 246 valence electrons. The predicted octanol–water partition coefficient (Wildman–Crippen LogP) is 13.7. The van der Waals surface area contributed by atoms with Gasteiger partial charge in [0.25, 0.3) is 0 Å². The summed E-state index contributed by atoms with van der Waals surface area (Å²) in [6, 6.07) is 16.0.